The van der Waals surface area contributed by atoms with Crippen molar-refractivity contribution in [2.45, 2.75) is 57.5 Å². The molecular weight excluding hydrogens is 240 g/mol. The summed E-state index contributed by atoms with van der Waals surface area (Å²) in [5, 5.41) is 6.39. The summed E-state index contributed by atoms with van der Waals surface area (Å²) in [5.41, 5.74) is 0. The van der Waals surface area contributed by atoms with Gasteiger partial charge in [0.05, 0.1) is 6.10 Å². The zero-order valence-corrected chi connectivity index (χ0v) is 12.0. The number of hydrogen-bond donors (Lipinski definition) is 2. The number of amides is 1. The molecule has 0 aromatic rings. The maximum Gasteiger partial charge on any atom is 0.223 e. The van der Waals surface area contributed by atoms with Crippen LogP contribution in [0.4, 0.5) is 0 Å². The molecule has 2 aliphatic rings. The van der Waals surface area contributed by atoms with Gasteiger partial charge in [0.25, 0.3) is 0 Å². The number of hydrogen-bond acceptors (Lipinski definition) is 3. The van der Waals surface area contributed by atoms with Gasteiger partial charge in [0.15, 0.2) is 0 Å². The second-order valence-corrected chi connectivity index (χ2v) is 5.80. The van der Waals surface area contributed by atoms with Crippen molar-refractivity contribution in [1.29, 1.82) is 0 Å². The molecule has 2 N–H and O–H groups in total. The molecule has 0 unspecified atom stereocenters. The number of nitrogens with one attached hydrogen (secondary N) is 2. The summed E-state index contributed by atoms with van der Waals surface area (Å²) >= 11 is 0. The van der Waals surface area contributed by atoms with Gasteiger partial charge in [-0.2, -0.15) is 0 Å². The van der Waals surface area contributed by atoms with Crippen molar-refractivity contribution in [3.05, 3.63) is 0 Å². The van der Waals surface area contributed by atoms with Crippen molar-refractivity contribution in [2.75, 3.05) is 26.2 Å². The predicted octanol–water partition coefficient (Wildman–Crippen LogP) is 1.84. The zero-order valence-electron chi connectivity index (χ0n) is 12.0. The molecule has 0 bridgehead atoms. The Balaban J connectivity index is 1.47. The van der Waals surface area contributed by atoms with Crippen LogP contribution in [0, 0.1) is 5.92 Å². The van der Waals surface area contributed by atoms with Crippen molar-refractivity contribution in [3.8, 4) is 0 Å². The second-order valence-electron chi connectivity index (χ2n) is 5.80. The zero-order chi connectivity index (χ0) is 13.3. The molecule has 1 heterocycles. The molecule has 0 aromatic heterocycles. The standard InChI is InChI=1S/C15H28N2O2/c18-15(13-5-2-1-3-6-13)17-9-4-12-19-14-7-10-16-11-8-14/h13-14,16H,1-12H2,(H,17,18). The van der Waals surface area contributed by atoms with Crippen LogP contribution in [-0.2, 0) is 9.53 Å². The minimum absolute atomic E-state index is 0.265. The Bertz CT molecular complexity index is 259. The fraction of sp³-hybridized carbons (Fsp3) is 0.933. The molecule has 2 rings (SSSR count). The molecule has 4 nitrogen and oxygen atoms in total. The van der Waals surface area contributed by atoms with Crippen LogP contribution in [0.2, 0.25) is 0 Å². The van der Waals surface area contributed by atoms with Crippen LogP contribution in [0.3, 0.4) is 0 Å². The van der Waals surface area contributed by atoms with E-state index in [1.54, 1.807) is 0 Å². The maximum absolute atomic E-state index is 11.9. The smallest absolute Gasteiger partial charge is 0.223 e. The highest BCUT2D eigenvalue weighted by molar-refractivity contribution is 5.78. The summed E-state index contributed by atoms with van der Waals surface area (Å²) in [6.45, 7) is 3.68. The summed E-state index contributed by atoms with van der Waals surface area (Å²) in [5.74, 6) is 0.542. The van der Waals surface area contributed by atoms with Crippen LogP contribution in [0.1, 0.15) is 51.4 Å². The molecule has 0 spiro atoms. The maximum atomic E-state index is 11.9. The van der Waals surface area contributed by atoms with Gasteiger partial charge >= 0.3 is 0 Å². The third-order valence-electron chi connectivity index (χ3n) is 4.24. The van der Waals surface area contributed by atoms with E-state index < -0.39 is 0 Å². The first-order valence-corrected chi connectivity index (χ1v) is 7.96. The Labute approximate surface area is 116 Å². The molecule has 1 aliphatic carbocycles. The van der Waals surface area contributed by atoms with E-state index >= 15 is 0 Å². The average molecular weight is 268 g/mol. The fourth-order valence-corrected chi connectivity index (χ4v) is 3.00. The van der Waals surface area contributed by atoms with Gasteiger partial charge in [-0.15, -0.1) is 0 Å². The molecule has 110 valence electrons. The van der Waals surface area contributed by atoms with Gasteiger partial charge in [0.1, 0.15) is 0 Å². The Morgan fingerprint density at radius 2 is 1.84 bits per heavy atom. The fourth-order valence-electron chi connectivity index (χ4n) is 3.00. The van der Waals surface area contributed by atoms with Gasteiger partial charge in [-0.05, 0) is 45.2 Å². The van der Waals surface area contributed by atoms with Crippen molar-refractivity contribution in [3.63, 3.8) is 0 Å². The van der Waals surface area contributed by atoms with E-state index in [2.05, 4.69) is 10.6 Å². The quantitative estimate of drug-likeness (QED) is 0.723. The first kappa shape index (κ1) is 14.8. The van der Waals surface area contributed by atoms with E-state index in [9.17, 15) is 4.79 Å². The molecule has 0 radical (unpaired) electrons. The van der Waals surface area contributed by atoms with Crippen LogP contribution in [0.25, 0.3) is 0 Å². The summed E-state index contributed by atoms with van der Waals surface area (Å²) < 4.78 is 5.82. The van der Waals surface area contributed by atoms with E-state index in [-0.39, 0.29) is 11.8 Å². The normalized spacial score (nSPS) is 22.3. The average Bonchev–Trinajstić information content (AvgIpc) is 2.49. The van der Waals surface area contributed by atoms with Gasteiger partial charge in [0.2, 0.25) is 5.91 Å². The molecule has 1 aliphatic heterocycles. The lowest BCUT2D eigenvalue weighted by molar-refractivity contribution is -0.125. The number of rotatable bonds is 6. The molecule has 1 saturated heterocycles. The van der Waals surface area contributed by atoms with Crippen LogP contribution in [0.5, 0.6) is 0 Å². The topological polar surface area (TPSA) is 50.4 Å². The minimum Gasteiger partial charge on any atom is -0.378 e. The van der Waals surface area contributed by atoms with Crippen LogP contribution < -0.4 is 10.6 Å². The Kier molecular flexibility index (Phi) is 6.65. The lowest BCUT2D eigenvalue weighted by atomic mass is 9.89. The summed E-state index contributed by atoms with van der Waals surface area (Å²) in [6, 6.07) is 0. The van der Waals surface area contributed by atoms with Gasteiger partial charge in [0, 0.05) is 19.1 Å². The molecule has 1 saturated carbocycles. The van der Waals surface area contributed by atoms with Crippen molar-refractivity contribution in [1.82, 2.24) is 10.6 Å². The first-order valence-electron chi connectivity index (χ1n) is 7.96. The number of ether oxygens (including phenoxy) is 1. The minimum atomic E-state index is 0.265. The Morgan fingerprint density at radius 1 is 1.11 bits per heavy atom. The molecule has 1 amide bonds. The molecule has 0 aromatic carbocycles. The third kappa shape index (κ3) is 5.49. The van der Waals surface area contributed by atoms with E-state index in [4.69, 9.17) is 4.74 Å². The highest BCUT2D eigenvalue weighted by Gasteiger charge is 2.20. The van der Waals surface area contributed by atoms with Crippen LogP contribution in [-0.4, -0.2) is 38.3 Å². The SMILES string of the molecule is O=C(NCCCOC1CCNCC1)C1CCCCC1. The Hall–Kier alpha value is -0.610. The van der Waals surface area contributed by atoms with E-state index in [1.807, 2.05) is 0 Å². The van der Waals surface area contributed by atoms with Gasteiger partial charge in [-0.1, -0.05) is 19.3 Å². The molecule has 19 heavy (non-hydrogen) atoms. The van der Waals surface area contributed by atoms with Gasteiger partial charge < -0.3 is 15.4 Å². The number of carbonyl (C=O) groups is 1. The largest absolute Gasteiger partial charge is 0.378 e. The lowest BCUT2D eigenvalue weighted by Gasteiger charge is -2.23. The number of carbonyl (C=O) groups excluding carboxylic acids is 1. The predicted molar refractivity (Wildman–Crippen MR) is 76.0 cm³/mol. The van der Waals surface area contributed by atoms with E-state index in [1.165, 1.54) is 19.3 Å². The van der Waals surface area contributed by atoms with Crippen molar-refractivity contribution < 1.29 is 9.53 Å². The van der Waals surface area contributed by atoms with Crippen LogP contribution >= 0.6 is 0 Å². The Morgan fingerprint density at radius 3 is 2.58 bits per heavy atom. The summed E-state index contributed by atoms with van der Waals surface area (Å²) in [7, 11) is 0. The molecule has 4 heteroatoms. The van der Waals surface area contributed by atoms with E-state index in [0.717, 1.165) is 58.3 Å². The van der Waals surface area contributed by atoms with Gasteiger partial charge in [-0.25, -0.2) is 0 Å². The van der Waals surface area contributed by atoms with Crippen molar-refractivity contribution >= 4 is 5.91 Å². The molecule has 2 fully saturated rings. The molecule has 0 atom stereocenters. The second kappa shape index (κ2) is 8.54. The third-order valence-corrected chi connectivity index (χ3v) is 4.24. The monoisotopic (exact) mass is 268 g/mol. The molecular formula is C15H28N2O2. The highest BCUT2D eigenvalue weighted by atomic mass is 16.5. The summed E-state index contributed by atoms with van der Waals surface area (Å²) in [6.07, 6.45) is 9.50. The lowest BCUT2D eigenvalue weighted by Crippen LogP contribution is -2.34. The van der Waals surface area contributed by atoms with Crippen molar-refractivity contribution in [2.24, 2.45) is 5.92 Å². The van der Waals surface area contributed by atoms with Gasteiger partial charge in [-0.3, -0.25) is 4.79 Å². The van der Waals surface area contributed by atoms with Crippen LogP contribution in [0.15, 0.2) is 0 Å². The highest BCUT2D eigenvalue weighted by Crippen LogP contribution is 2.23. The van der Waals surface area contributed by atoms with E-state index in [0.29, 0.717) is 6.10 Å². The summed E-state index contributed by atoms with van der Waals surface area (Å²) in [4.78, 5) is 11.9. The first-order chi connectivity index (χ1) is 9.36. The number of piperidine rings is 1.